The fourth-order valence-corrected chi connectivity index (χ4v) is 5.65. The van der Waals surface area contributed by atoms with Crippen molar-refractivity contribution in [1.29, 1.82) is 0 Å². The van der Waals surface area contributed by atoms with Crippen LogP contribution in [0, 0.1) is 19.7 Å². The van der Waals surface area contributed by atoms with Gasteiger partial charge >= 0.3 is 0 Å². The van der Waals surface area contributed by atoms with Crippen molar-refractivity contribution in [3.63, 3.8) is 0 Å². The quantitative estimate of drug-likeness (QED) is 0.357. The van der Waals surface area contributed by atoms with Crippen molar-refractivity contribution in [3.05, 3.63) is 95.3 Å². The van der Waals surface area contributed by atoms with Crippen LogP contribution in [0.3, 0.4) is 0 Å². The lowest BCUT2D eigenvalue weighted by Crippen LogP contribution is -2.55. The van der Waals surface area contributed by atoms with E-state index >= 15 is 0 Å². The zero-order valence-corrected chi connectivity index (χ0v) is 24.8. The molecule has 1 N–H and O–H groups in total. The number of rotatable bonds is 10. The Morgan fingerprint density at radius 1 is 0.875 bits per heavy atom. The van der Waals surface area contributed by atoms with Gasteiger partial charge in [0.2, 0.25) is 11.8 Å². The minimum Gasteiger partial charge on any atom is -0.350 e. The molecule has 0 aliphatic heterocycles. The maximum Gasteiger partial charge on any atom is 0.264 e. The summed E-state index contributed by atoms with van der Waals surface area (Å²) in [5, 5.41) is 2.95. The number of carbonyl (C=O) groups excluding carboxylic acids is 2. The molecule has 0 aromatic heterocycles. The van der Waals surface area contributed by atoms with Crippen molar-refractivity contribution in [2.24, 2.45) is 0 Å². The van der Waals surface area contributed by atoms with Gasteiger partial charge in [0.15, 0.2) is 0 Å². The van der Waals surface area contributed by atoms with E-state index in [1.165, 1.54) is 29.2 Å². The molecule has 1 atom stereocenters. The second-order valence-corrected chi connectivity index (χ2v) is 12.8. The van der Waals surface area contributed by atoms with Crippen LogP contribution >= 0.6 is 0 Å². The Morgan fingerprint density at radius 3 is 1.90 bits per heavy atom. The first-order valence-corrected chi connectivity index (χ1v) is 14.7. The first kappa shape index (κ1) is 30.8. The molecule has 0 aliphatic rings. The van der Waals surface area contributed by atoms with Gasteiger partial charge < -0.3 is 10.2 Å². The van der Waals surface area contributed by atoms with Crippen molar-refractivity contribution in [2.45, 2.75) is 71.0 Å². The van der Waals surface area contributed by atoms with Gasteiger partial charge in [0, 0.05) is 12.1 Å². The maximum absolute atomic E-state index is 14.0. The van der Waals surface area contributed by atoms with Crippen LogP contribution in [-0.4, -0.2) is 43.3 Å². The van der Waals surface area contributed by atoms with E-state index in [0.29, 0.717) is 6.42 Å². The summed E-state index contributed by atoms with van der Waals surface area (Å²) in [5.74, 6) is -1.42. The van der Waals surface area contributed by atoms with Crippen LogP contribution in [0.4, 0.5) is 10.1 Å². The Bertz CT molecular complexity index is 1420. The maximum atomic E-state index is 14.0. The number of anilines is 1. The predicted molar refractivity (Wildman–Crippen MR) is 156 cm³/mol. The number of sulfonamides is 1. The van der Waals surface area contributed by atoms with Gasteiger partial charge in [-0.3, -0.25) is 13.9 Å². The summed E-state index contributed by atoms with van der Waals surface area (Å²) in [7, 11) is -4.21. The molecule has 7 nitrogen and oxygen atoms in total. The summed E-state index contributed by atoms with van der Waals surface area (Å²) in [6, 6.07) is 18.0. The molecule has 3 aromatic carbocycles. The topological polar surface area (TPSA) is 86.8 Å². The largest absolute Gasteiger partial charge is 0.350 e. The van der Waals surface area contributed by atoms with E-state index in [2.05, 4.69) is 5.32 Å². The van der Waals surface area contributed by atoms with Gasteiger partial charge in [0.1, 0.15) is 18.4 Å². The van der Waals surface area contributed by atoms with Gasteiger partial charge in [-0.2, -0.15) is 0 Å². The number of nitrogens with zero attached hydrogens (tertiary/aromatic N) is 2. The molecule has 2 amide bonds. The van der Waals surface area contributed by atoms with Crippen LogP contribution in [-0.2, 0) is 26.2 Å². The number of carbonyl (C=O) groups is 2. The summed E-state index contributed by atoms with van der Waals surface area (Å²) in [5.41, 5.74) is 2.33. The molecule has 3 rings (SSSR count). The number of nitrogens with one attached hydrogen (secondary N) is 1. The highest BCUT2D eigenvalue weighted by Gasteiger charge is 2.34. The van der Waals surface area contributed by atoms with Gasteiger partial charge in [-0.1, -0.05) is 54.4 Å². The molecule has 0 fully saturated rings. The molecule has 0 bridgehead atoms. The SMILES string of the molecule is CC[C@@H](C(=O)NC(C)(C)C)N(Cc1ccc(C)cc1)C(=O)CN(c1ccc(F)cc1)S(=O)(=O)c1ccc(C)cc1. The predicted octanol–water partition coefficient (Wildman–Crippen LogP) is 5.36. The third kappa shape index (κ3) is 7.91. The summed E-state index contributed by atoms with van der Waals surface area (Å²) in [6.45, 7) is 10.7. The average Bonchev–Trinajstić information content (AvgIpc) is 2.88. The van der Waals surface area contributed by atoms with E-state index in [4.69, 9.17) is 0 Å². The lowest BCUT2D eigenvalue weighted by Gasteiger charge is -2.34. The first-order chi connectivity index (χ1) is 18.7. The highest BCUT2D eigenvalue weighted by Crippen LogP contribution is 2.25. The van der Waals surface area contributed by atoms with Gasteiger partial charge in [-0.05, 0) is 83.0 Å². The Labute approximate surface area is 237 Å². The number of aryl methyl sites for hydroxylation is 2. The third-order valence-corrected chi connectivity index (χ3v) is 8.15. The van der Waals surface area contributed by atoms with Crippen molar-refractivity contribution < 1.29 is 22.4 Å². The Hall–Kier alpha value is -3.72. The van der Waals surface area contributed by atoms with E-state index in [-0.39, 0.29) is 23.0 Å². The number of hydrogen-bond acceptors (Lipinski definition) is 4. The van der Waals surface area contributed by atoms with E-state index in [1.54, 1.807) is 12.1 Å². The smallest absolute Gasteiger partial charge is 0.264 e. The van der Waals surface area contributed by atoms with Gasteiger partial charge in [0.25, 0.3) is 10.0 Å². The molecule has 0 saturated carbocycles. The van der Waals surface area contributed by atoms with Crippen molar-refractivity contribution >= 4 is 27.5 Å². The van der Waals surface area contributed by atoms with Crippen LogP contribution in [0.1, 0.15) is 50.8 Å². The second kappa shape index (κ2) is 12.6. The molecule has 40 heavy (non-hydrogen) atoms. The fourth-order valence-electron chi connectivity index (χ4n) is 4.24. The summed E-state index contributed by atoms with van der Waals surface area (Å²) in [6.07, 6.45) is 0.320. The minimum atomic E-state index is -4.21. The van der Waals surface area contributed by atoms with E-state index in [0.717, 1.165) is 33.1 Å². The van der Waals surface area contributed by atoms with Crippen LogP contribution in [0.15, 0.2) is 77.7 Å². The van der Waals surface area contributed by atoms with Crippen LogP contribution in [0.25, 0.3) is 0 Å². The molecule has 0 aliphatic carbocycles. The summed E-state index contributed by atoms with van der Waals surface area (Å²) < 4.78 is 42.4. The molecule has 0 saturated heterocycles. The zero-order chi connectivity index (χ0) is 29.7. The molecular weight excluding hydrogens is 529 g/mol. The monoisotopic (exact) mass is 567 g/mol. The molecule has 0 spiro atoms. The molecule has 3 aromatic rings. The highest BCUT2D eigenvalue weighted by molar-refractivity contribution is 7.92. The Balaban J connectivity index is 2.06. The lowest BCUT2D eigenvalue weighted by atomic mass is 10.1. The first-order valence-electron chi connectivity index (χ1n) is 13.2. The van der Waals surface area contributed by atoms with Gasteiger partial charge in [-0.15, -0.1) is 0 Å². The van der Waals surface area contributed by atoms with Crippen LogP contribution < -0.4 is 9.62 Å². The second-order valence-electron chi connectivity index (χ2n) is 11.0. The zero-order valence-electron chi connectivity index (χ0n) is 23.9. The highest BCUT2D eigenvalue weighted by atomic mass is 32.2. The van der Waals surface area contributed by atoms with Gasteiger partial charge in [0.05, 0.1) is 10.6 Å². The molecule has 0 unspecified atom stereocenters. The summed E-state index contributed by atoms with van der Waals surface area (Å²) >= 11 is 0. The number of hydrogen-bond donors (Lipinski definition) is 1. The molecule has 0 radical (unpaired) electrons. The number of amides is 2. The van der Waals surface area contributed by atoms with Crippen LogP contribution in [0.5, 0.6) is 0 Å². The normalized spacial score (nSPS) is 12.5. The van der Waals surface area contributed by atoms with Gasteiger partial charge in [-0.25, -0.2) is 12.8 Å². The molecule has 9 heteroatoms. The molecule has 0 heterocycles. The van der Waals surface area contributed by atoms with E-state index < -0.39 is 39.9 Å². The molecular formula is C31H38FN3O4S. The third-order valence-electron chi connectivity index (χ3n) is 6.36. The minimum absolute atomic E-state index is 0.00201. The Kier molecular flexibility index (Phi) is 9.73. The Morgan fingerprint density at radius 2 is 1.40 bits per heavy atom. The van der Waals surface area contributed by atoms with Crippen LogP contribution in [0.2, 0.25) is 0 Å². The lowest BCUT2D eigenvalue weighted by molar-refractivity contribution is -0.141. The van der Waals surface area contributed by atoms with Crippen molar-refractivity contribution in [3.8, 4) is 0 Å². The van der Waals surface area contributed by atoms with Crippen molar-refractivity contribution in [2.75, 3.05) is 10.8 Å². The van der Waals surface area contributed by atoms with Crippen molar-refractivity contribution in [1.82, 2.24) is 10.2 Å². The number of benzene rings is 3. The standard InChI is InChI=1S/C31H38FN3O4S/c1-7-28(30(37)33-31(4,5)6)34(20-24-12-8-22(2)9-13-24)29(36)21-35(26-16-14-25(32)15-17-26)40(38,39)27-18-10-23(3)11-19-27/h8-19,28H,7,20-21H2,1-6H3,(H,33,37)/t28-/m0/s1. The summed E-state index contributed by atoms with van der Waals surface area (Å²) in [4.78, 5) is 28.8. The fraction of sp³-hybridized carbons (Fsp3) is 0.355. The average molecular weight is 568 g/mol. The molecule has 214 valence electrons. The van der Waals surface area contributed by atoms with E-state index in [9.17, 15) is 22.4 Å². The van der Waals surface area contributed by atoms with E-state index in [1.807, 2.05) is 65.8 Å². The number of halogens is 1.